The van der Waals surface area contributed by atoms with Gasteiger partial charge in [0, 0.05) is 28.3 Å². The first-order valence-corrected chi connectivity index (χ1v) is 13.8. The minimum absolute atomic E-state index is 0.0262. The molecule has 1 heterocycles. The molecule has 4 aromatic rings. The summed E-state index contributed by atoms with van der Waals surface area (Å²) in [6.07, 6.45) is -1.02. The molecular weight excluding hydrogens is 577 g/mol. The molecule has 3 atom stereocenters. The highest BCUT2D eigenvalue weighted by Gasteiger charge is 2.33. The fourth-order valence-corrected chi connectivity index (χ4v) is 5.43. The summed E-state index contributed by atoms with van der Waals surface area (Å²) in [4.78, 5) is 13.7. The molecule has 0 unspecified atom stereocenters. The van der Waals surface area contributed by atoms with Crippen molar-refractivity contribution in [3.63, 3.8) is 0 Å². The van der Waals surface area contributed by atoms with Gasteiger partial charge in [0.05, 0.1) is 18.8 Å². The van der Waals surface area contributed by atoms with Gasteiger partial charge in [0.15, 0.2) is 29.6 Å². The Kier molecular flexibility index (Phi) is 9.22. The molecule has 0 bridgehead atoms. The maximum absolute atomic E-state index is 14.2. The van der Waals surface area contributed by atoms with Gasteiger partial charge in [-0.15, -0.1) is 11.8 Å². The number of nitrogens with one attached hydrogen (secondary N) is 1. The van der Waals surface area contributed by atoms with Crippen molar-refractivity contribution in [3.05, 3.63) is 130 Å². The smallest absolute Gasteiger partial charge is 0.261 e. The lowest BCUT2D eigenvalue weighted by Crippen LogP contribution is -2.31. The van der Waals surface area contributed by atoms with Crippen molar-refractivity contribution < 1.29 is 41.3 Å². The minimum atomic E-state index is -2.35. The monoisotopic (exact) mass is 601 g/mol. The highest BCUT2D eigenvalue weighted by atomic mass is 32.2. The van der Waals surface area contributed by atoms with Crippen molar-refractivity contribution in [2.75, 3.05) is 11.1 Å². The van der Waals surface area contributed by atoms with Crippen LogP contribution in [-0.2, 0) is 16.1 Å². The molecule has 11 heteroatoms. The number of hydrogen-bond donors (Lipinski definition) is 2. The number of anilines is 1. The van der Waals surface area contributed by atoms with Crippen LogP contribution in [-0.4, -0.2) is 22.9 Å². The van der Waals surface area contributed by atoms with Gasteiger partial charge in [0.2, 0.25) is 5.82 Å². The van der Waals surface area contributed by atoms with Crippen LogP contribution in [0.15, 0.2) is 83.8 Å². The van der Waals surface area contributed by atoms with E-state index in [-0.39, 0.29) is 24.5 Å². The highest BCUT2D eigenvalue weighted by molar-refractivity contribution is 7.99. The average Bonchev–Trinajstić information content (AvgIpc) is 3.02. The second kappa shape index (κ2) is 13.0. The number of amides is 1. The van der Waals surface area contributed by atoms with E-state index in [0.29, 0.717) is 17.7 Å². The Morgan fingerprint density at radius 1 is 0.810 bits per heavy atom. The van der Waals surface area contributed by atoms with E-state index in [2.05, 4.69) is 5.32 Å². The second-order valence-corrected chi connectivity index (χ2v) is 10.6. The zero-order chi connectivity index (χ0) is 29.8. The summed E-state index contributed by atoms with van der Waals surface area (Å²) in [6, 6.07) is 23.1. The zero-order valence-corrected chi connectivity index (χ0v) is 22.6. The summed E-state index contributed by atoms with van der Waals surface area (Å²) < 4.78 is 81.6. The van der Waals surface area contributed by atoms with Crippen molar-refractivity contribution in [3.8, 4) is 0 Å². The van der Waals surface area contributed by atoms with E-state index in [1.807, 2.05) is 42.5 Å². The maximum Gasteiger partial charge on any atom is 0.261 e. The fourth-order valence-electron chi connectivity index (χ4n) is 4.49. The molecule has 5 nitrogen and oxygen atoms in total. The Hall–Kier alpha value is -3.77. The Labute approximate surface area is 242 Å². The molecule has 1 aliphatic heterocycles. The Balaban J connectivity index is 1.38. The predicted octanol–water partition coefficient (Wildman–Crippen LogP) is 7.46. The molecule has 0 radical (unpaired) electrons. The van der Waals surface area contributed by atoms with E-state index in [4.69, 9.17) is 9.47 Å². The summed E-state index contributed by atoms with van der Waals surface area (Å²) in [5.74, 6) is -12.1. The first kappa shape index (κ1) is 29.7. The number of carbonyl (C=O) groups excluding carboxylic acids is 1. The normalized spacial score (nSPS) is 18.6. The highest BCUT2D eigenvalue weighted by Crippen LogP contribution is 2.40. The average molecular weight is 602 g/mol. The van der Waals surface area contributed by atoms with E-state index in [1.165, 1.54) is 18.2 Å². The first-order chi connectivity index (χ1) is 20.2. The van der Waals surface area contributed by atoms with Gasteiger partial charge < -0.3 is 19.9 Å². The van der Waals surface area contributed by atoms with Gasteiger partial charge in [0.1, 0.15) is 5.56 Å². The molecule has 1 amide bonds. The lowest BCUT2D eigenvalue weighted by atomic mass is 10.0. The molecule has 5 rings (SSSR count). The van der Waals surface area contributed by atoms with Crippen LogP contribution in [0.5, 0.6) is 0 Å². The second-order valence-electron chi connectivity index (χ2n) is 9.50. The van der Waals surface area contributed by atoms with Crippen LogP contribution in [0.3, 0.4) is 0 Å². The van der Waals surface area contributed by atoms with Crippen LogP contribution < -0.4 is 5.32 Å². The van der Waals surface area contributed by atoms with Gasteiger partial charge in [-0.2, -0.15) is 0 Å². The van der Waals surface area contributed by atoms with E-state index < -0.39 is 46.8 Å². The summed E-state index contributed by atoms with van der Waals surface area (Å²) in [5.41, 5.74) is 0.503. The van der Waals surface area contributed by atoms with Crippen molar-refractivity contribution in [1.29, 1.82) is 0 Å². The Morgan fingerprint density at radius 2 is 1.48 bits per heavy atom. The number of halogens is 5. The molecule has 2 N–H and O–H groups in total. The predicted molar refractivity (Wildman–Crippen MR) is 146 cm³/mol. The molecule has 1 saturated heterocycles. The molecule has 42 heavy (non-hydrogen) atoms. The van der Waals surface area contributed by atoms with E-state index >= 15 is 0 Å². The third-order valence-electron chi connectivity index (χ3n) is 6.65. The molecule has 0 spiro atoms. The van der Waals surface area contributed by atoms with Crippen LogP contribution in [0.1, 0.15) is 45.9 Å². The van der Waals surface area contributed by atoms with Crippen LogP contribution in [0.25, 0.3) is 0 Å². The molecule has 0 saturated carbocycles. The third kappa shape index (κ3) is 6.49. The number of rotatable bonds is 8. The van der Waals surface area contributed by atoms with Crippen molar-refractivity contribution in [2.24, 2.45) is 0 Å². The first-order valence-electron chi connectivity index (χ1n) is 12.9. The summed E-state index contributed by atoms with van der Waals surface area (Å²) in [6.45, 7) is -0.0998. The lowest BCUT2D eigenvalue weighted by molar-refractivity contribution is -0.245. The van der Waals surface area contributed by atoms with Gasteiger partial charge in [-0.25, -0.2) is 22.0 Å². The van der Waals surface area contributed by atoms with E-state index in [1.54, 1.807) is 30.0 Å². The molecule has 218 valence electrons. The van der Waals surface area contributed by atoms with E-state index in [0.717, 1.165) is 16.0 Å². The lowest BCUT2D eigenvalue weighted by Gasteiger charge is -2.36. The quantitative estimate of drug-likeness (QED) is 0.0950. The molecule has 1 aliphatic rings. The van der Waals surface area contributed by atoms with Gasteiger partial charge in [-0.05, 0) is 35.4 Å². The van der Waals surface area contributed by atoms with Gasteiger partial charge >= 0.3 is 0 Å². The number of aliphatic hydroxyl groups is 1. The van der Waals surface area contributed by atoms with Crippen LogP contribution in [0.2, 0.25) is 0 Å². The number of benzene rings is 4. The summed E-state index contributed by atoms with van der Waals surface area (Å²) >= 11 is 1.61. The number of ether oxygens (including phenoxy) is 2. The Bertz CT molecular complexity index is 1540. The maximum atomic E-state index is 14.2. The topological polar surface area (TPSA) is 67.8 Å². The standard InChI is InChI=1S/C31H24F5NO4S/c32-25-24(26(33)28(35)29(36)27(25)34)30(39)37-20-6-4-5-19(13-20)31-40-21(16-42-22-7-2-1-3-8-22)14-23(41-31)18-11-9-17(15-38)10-12-18/h1-13,21,23,31,38H,14-16H2,(H,37,39)/t21-,23+,31+/m1/s1. The van der Waals surface area contributed by atoms with Crippen LogP contribution in [0.4, 0.5) is 27.6 Å². The number of carbonyl (C=O) groups is 1. The van der Waals surface area contributed by atoms with Crippen LogP contribution >= 0.6 is 11.8 Å². The van der Waals surface area contributed by atoms with Gasteiger partial charge in [-0.3, -0.25) is 4.79 Å². The molecule has 0 aromatic heterocycles. The summed E-state index contributed by atoms with van der Waals surface area (Å²) in [7, 11) is 0. The van der Waals surface area contributed by atoms with Gasteiger partial charge in [-0.1, -0.05) is 54.6 Å². The van der Waals surface area contributed by atoms with Crippen molar-refractivity contribution in [1.82, 2.24) is 0 Å². The van der Waals surface area contributed by atoms with Gasteiger partial charge in [0.25, 0.3) is 5.91 Å². The van der Waals surface area contributed by atoms with Crippen LogP contribution in [0, 0.1) is 29.1 Å². The van der Waals surface area contributed by atoms with Crippen molar-refractivity contribution >= 4 is 23.4 Å². The molecule has 0 aliphatic carbocycles. The minimum Gasteiger partial charge on any atom is -0.392 e. The van der Waals surface area contributed by atoms with Crippen molar-refractivity contribution in [2.45, 2.75) is 36.4 Å². The van der Waals surface area contributed by atoms with E-state index in [9.17, 15) is 31.9 Å². The Morgan fingerprint density at radius 3 is 2.14 bits per heavy atom. The fraction of sp³-hybridized carbons (Fsp3) is 0.194. The summed E-state index contributed by atoms with van der Waals surface area (Å²) in [5, 5.41) is 11.6. The third-order valence-corrected chi connectivity index (χ3v) is 7.79. The zero-order valence-electron chi connectivity index (χ0n) is 21.8. The molecule has 4 aromatic carbocycles. The largest absolute Gasteiger partial charge is 0.392 e. The number of hydrogen-bond acceptors (Lipinski definition) is 5. The number of thioether (sulfide) groups is 1. The SMILES string of the molecule is O=C(Nc1cccc([C@H]2O[C@@H](CSc3ccccc3)C[C@@H](c3ccc(CO)cc3)O2)c1)c1c(F)c(F)c(F)c(F)c1F. The molecular formula is C31H24F5NO4S. The molecule has 1 fully saturated rings. The number of aliphatic hydroxyl groups excluding tert-OH is 1.